The molecule has 96 valence electrons. The Morgan fingerprint density at radius 1 is 1.33 bits per heavy atom. The van der Waals surface area contributed by atoms with E-state index in [0.717, 1.165) is 13.1 Å². The van der Waals surface area contributed by atoms with E-state index < -0.39 is 0 Å². The van der Waals surface area contributed by atoms with Gasteiger partial charge in [0.05, 0.1) is 12.0 Å². The van der Waals surface area contributed by atoms with Crippen molar-refractivity contribution in [3.05, 3.63) is 33.4 Å². The highest BCUT2D eigenvalue weighted by atomic mass is 127. The van der Waals surface area contributed by atoms with Gasteiger partial charge in [0, 0.05) is 28.1 Å². The number of hydrogen-bond donors (Lipinski definition) is 0. The summed E-state index contributed by atoms with van der Waals surface area (Å²) in [5.74, 6) is 0.464. The second-order valence-electron chi connectivity index (χ2n) is 5.97. The molecule has 3 heteroatoms. The topological polar surface area (TPSA) is 27.0 Å². The van der Waals surface area contributed by atoms with Crippen molar-refractivity contribution >= 4 is 22.6 Å². The molecule has 1 fully saturated rings. The zero-order valence-corrected chi connectivity index (χ0v) is 13.3. The van der Waals surface area contributed by atoms with Crippen molar-refractivity contribution in [3.8, 4) is 6.07 Å². The summed E-state index contributed by atoms with van der Waals surface area (Å²) in [6, 6.07) is 11.0. The van der Waals surface area contributed by atoms with Gasteiger partial charge in [0.2, 0.25) is 0 Å². The molecular formula is C15H19IN2. The van der Waals surface area contributed by atoms with Crippen molar-refractivity contribution in [1.29, 1.82) is 5.26 Å². The molecule has 0 aliphatic carbocycles. The lowest BCUT2D eigenvalue weighted by molar-refractivity contribution is 0.170. The van der Waals surface area contributed by atoms with Gasteiger partial charge in [-0.15, -0.1) is 0 Å². The van der Waals surface area contributed by atoms with E-state index in [1.54, 1.807) is 0 Å². The molecule has 0 radical (unpaired) electrons. The Morgan fingerprint density at radius 3 is 2.61 bits per heavy atom. The van der Waals surface area contributed by atoms with Gasteiger partial charge in [0.15, 0.2) is 0 Å². The van der Waals surface area contributed by atoms with Crippen LogP contribution in [0.2, 0.25) is 0 Å². The van der Waals surface area contributed by atoms with Gasteiger partial charge in [0.25, 0.3) is 0 Å². The molecule has 0 unspecified atom stereocenters. The van der Waals surface area contributed by atoms with Gasteiger partial charge in [-0.05, 0) is 61.1 Å². The van der Waals surface area contributed by atoms with Crippen LogP contribution in [0, 0.1) is 20.8 Å². The Bertz CT molecular complexity index is 470. The zero-order chi connectivity index (χ0) is 13.3. The first-order chi connectivity index (χ1) is 8.41. The van der Waals surface area contributed by atoms with Crippen LogP contribution in [0.15, 0.2) is 24.3 Å². The summed E-state index contributed by atoms with van der Waals surface area (Å²) in [4.78, 5) is 2.42. The molecular weight excluding hydrogens is 335 g/mol. The van der Waals surface area contributed by atoms with Gasteiger partial charge in [-0.2, -0.15) is 5.26 Å². The highest BCUT2D eigenvalue weighted by Gasteiger charge is 2.38. The Morgan fingerprint density at radius 2 is 2.06 bits per heavy atom. The quantitative estimate of drug-likeness (QED) is 0.721. The number of benzene rings is 1. The summed E-state index contributed by atoms with van der Waals surface area (Å²) in [7, 11) is 0. The van der Waals surface area contributed by atoms with Crippen LogP contribution < -0.4 is 0 Å². The predicted molar refractivity (Wildman–Crippen MR) is 82.3 cm³/mol. The molecule has 18 heavy (non-hydrogen) atoms. The fourth-order valence-electron chi connectivity index (χ4n) is 2.56. The molecule has 0 saturated carbocycles. The van der Waals surface area contributed by atoms with Gasteiger partial charge in [0.1, 0.15) is 0 Å². The molecule has 2 nitrogen and oxygen atoms in total. The van der Waals surface area contributed by atoms with Gasteiger partial charge in [-0.1, -0.05) is 12.1 Å². The third kappa shape index (κ3) is 2.86. The van der Waals surface area contributed by atoms with Crippen LogP contribution in [-0.2, 0) is 0 Å². The lowest BCUT2D eigenvalue weighted by atomic mass is 9.90. The Balaban J connectivity index is 2.26. The lowest BCUT2D eigenvalue weighted by Gasteiger charge is -2.31. The van der Waals surface area contributed by atoms with E-state index in [9.17, 15) is 5.26 Å². The first kappa shape index (κ1) is 13.8. The summed E-state index contributed by atoms with van der Waals surface area (Å²) in [5.41, 5.74) is 1.45. The van der Waals surface area contributed by atoms with Crippen LogP contribution in [0.4, 0.5) is 0 Å². The van der Waals surface area contributed by atoms with Crippen LogP contribution in [0.3, 0.4) is 0 Å². The van der Waals surface area contributed by atoms with E-state index in [1.165, 1.54) is 9.13 Å². The molecule has 1 aliphatic heterocycles. The second kappa shape index (κ2) is 5.18. The summed E-state index contributed by atoms with van der Waals surface area (Å²) < 4.78 is 1.25. The molecule has 0 bridgehead atoms. The number of hydrogen-bond acceptors (Lipinski definition) is 2. The smallest absolute Gasteiger partial charge is 0.0676 e. The maximum atomic E-state index is 9.37. The first-order valence-corrected chi connectivity index (χ1v) is 7.40. The van der Waals surface area contributed by atoms with Crippen molar-refractivity contribution in [2.75, 3.05) is 13.1 Å². The van der Waals surface area contributed by atoms with Gasteiger partial charge in [-0.3, -0.25) is 4.90 Å². The van der Waals surface area contributed by atoms with Crippen molar-refractivity contribution in [2.24, 2.45) is 5.92 Å². The predicted octanol–water partition coefficient (Wildman–Crippen LogP) is 3.63. The van der Waals surface area contributed by atoms with E-state index >= 15 is 0 Å². The summed E-state index contributed by atoms with van der Waals surface area (Å²) in [6.45, 7) is 8.54. The minimum absolute atomic E-state index is 0.113. The lowest BCUT2D eigenvalue weighted by Crippen LogP contribution is -2.39. The minimum atomic E-state index is 0.113. The molecule has 1 aromatic rings. The highest BCUT2D eigenvalue weighted by Crippen LogP contribution is 2.36. The normalized spacial score (nSPS) is 25.1. The Hall–Kier alpha value is -0.600. The summed E-state index contributed by atoms with van der Waals surface area (Å²) >= 11 is 2.34. The number of nitrogens with zero attached hydrogens (tertiary/aromatic N) is 2. The molecule has 1 aliphatic rings. The van der Waals surface area contributed by atoms with Crippen LogP contribution in [0.5, 0.6) is 0 Å². The molecule has 0 aromatic heterocycles. The average Bonchev–Trinajstić information content (AvgIpc) is 2.72. The second-order valence-corrected chi connectivity index (χ2v) is 7.22. The third-order valence-electron chi connectivity index (χ3n) is 3.71. The number of nitriles is 1. The summed E-state index contributed by atoms with van der Waals surface area (Å²) in [6.07, 6.45) is 0. The molecule has 1 heterocycles. The number of rotatable bonds is 1. The Kier molecular flexibility index (Phi) is 3.98. The first-order valence-electron chi connectivity index (χ1n) is 6.32. The minimum Gasteiger partial charge on any atom is -0.297 e. The fraction of sp³-hybridized carbons (Fsp3) is 0.533. The van der Waals surface area contributed by atoms with Crippen LogP contribution in [0.1, 0.15) is 32.3 Å². The fourth-order valence-corrected chi connectivity index (χ4v) is 3.12. The standard InChI is InChI=1S/C15H19IN2/c1-15(2,3)18-9-12(8-17)14(10-18)11-5-4-6-13(16)7-11/h4-7,12,14H,9-10H2,1-3H3/t12-,14+/m1/s1. The van der Waals surface area contributed by atoms with E-state index in [1.807, 2.05) is 0 Å². The van der Waals surface area contributed by atoms with Crippen LogP contribution >= 0.6 is 22.6 Å². The van der Waals surface area contributed by atoms with Crippen molar-refractivity contribution in [1.82, 2.24) is 4.90 Å². The monoisotopic (exact) mass is 354 g/mol. The molecule has 0 spiro atoms. The largest absolute Gasteiger partial charge is 0.297 e. The molecule has 2 rings (SSSR count). The van der Waals surface area contributed by atoms with Gasteiger partial charge in [-0.25, -0.2) is 0 Å². The zero-order valence-electron chi connectivity index (χ0n) is 11.2. The molecule has 1 saturated heterocycles. The Labute approximate surface area is 123 Å². The average molecular weight is 354 g/mol. The van der Waals surface area contributed by atoms with E-state index in [2.05, 4.69) is 78.6 Å². The molecule has 0 N–H and O–H groups in total. The maximum absolute atomic E-state index is 9.37. The molecule has 1 aromatic carbocycles. The number of halogens is 1. The SMILES string of the molecule is CC(C)(C)N1C[C@@H](C#N)[C@H](c2cccc(I)c2)C1. The van der Waals surface area contributed by atoms with Crippen LogP contribution in [0.25, 0.3) is 0 Å². The van der Waals surface area contributed by atoms with E-state index in [0.29, 0.717) is 5.92 Å². The van der Waals surface area contributed by atoms with Gasteiger partial charge < -0.3 is 0 Å². The van der Waals surface area contributed by atoms with Gasteiger partial charge >= 0.3 is 0 Å². The van der Waals surface area contributed by atoms with Crippen molar-refractivity contribution in [2.45, 2.75) is 32.2 Å². The molecule has 0 amide bonds. The summed E-state index contributed by atoms with van der Waals surface area (Å²) in [5, 5.41) is 9.37. The maximum Gasteiger partial charge on any atom is 0.0676 e. The highest BCUT2D eigenvalue weighted by molar-refractivity contribution is 14.1. The molecule has 2 atom stereocenters. The van der Waals surface area contributed by atoms with Crippen molar-refractivity contribution < 1.29 is 0 Å². The van der Waals surface area contributed by atoms with E-state index in [4.69, 9.17) is 0 Å². The van der Waals surface area contributed by atoms with Crippen LogP contribution in [-0.4, -0.2) is 23.5 Å². The van der Waals surface area contributed by atoms with E-state index in [-0.39, 0.29) is 11.5 Å². The number of likely N-dealkylation sites (tertiary alicyclic amines) is 1. The van der Waals surface area contributed by atoms with Crippen molar-refractivity contribution in [3.63, 3.8) is 0 Å². The third-order valence-corrected chi connectivity index (χ3v) is 4.38.